The van der Waals surface area contributed by atoms with Gasteiger partial charge in [0.2, 0.25) is 5.95 Å². The van der Waals surface area contributed by atoms with Crippen molar-refractivity contribution < 1.29 is 0 Å². The number of nitrogens with zero attached hydrogens (tertiary/aromatic N) is 6. The standard InChI is InChI=1S/C19H22N6/c1-23(2)17-14-22-18(16-7-4-3-6-15(16)17)24-10-12-25(13-11-24)19-20-8-5-9-21-19/h3-9,14H,10-13H2,1-2H3. The molecule has 0 saturated carbocycles. The number of fused-ring (bicyclic) bond motifs is 1. The summed E-state index contributed by atoms with van der Waals surface area (Å²) in [4.78, 5) is 20.2. The largest absolute Gasteiger partial charge is 0.376 e. The molecule has 0 N–H and O–H groups in total. The number of benzene rings is 1. The predicted molar refractivity (Wildman–Crippen MR) is 103 cm³/mol. The van der Waals surface area contributed by atoms with E-state index in [4.69, 9.17) is 4.98 Å². The zero-order valence-corrected chi connectivity index (χ0v) is 14.6. The van der Waals surface area contributed by atoms with Crippen molar-refractivity contribution in [1.82, 2.24) is 15.0 Å². The van der Waals surface area contributed by atoms with E-state index in [9.17, 15) is 0 Å². The summed E-state index contributed by atoms with van der Waals surface area (Å²) in [6.45, 7) is 3.62. The van der Waals surface area contributed by atoms with Gasteiger partial charge in [-0.3, -0.25) is 0 Å². The molecule has 1 aromatic carbocycles. The summed E-state index contributed by atoms with van der Waals surface area (Å²) in [6.07, 6.45) is 5.57. The maximum absolute atomic E-state index is 4.78. The van der Waals surface area contributed by atoms with Crippen LogP contribution < -0.4 is 14.7 Å². The third-order valence-electron chi connectivity index (χ3n) is 4.65. The first kappa shape index (κ1) is 15.6. The van der Waals surface area contributed by atoms with Crippen molar-refractivity contribution in [3.05, 3.63) is 48.9 Å². The van der Waals surface area contributed by atoms with Gasteiger partial charge < -0.3 is 14.7 Å². The van der Waals surface area contributed by atoms with E-state index < -0.39 is 0 Å². The lowest BCUT2D eigenvalue weighted by Gasteiger charge is -2.36. The van der Waals surface area contributed by atoms with Crippen LogP contribution in [0.15, 0.2) is 48.9 Å². The molecule has 1 fully saturated rings. The average Bonchev–Trinajstić information content (AvgIpc) is 2.68. The van der Waals surface area contributed by atoms with Crippen LogP contribution in [0.5, 0.6) is 0 Å². The minimum absolute atomic E-state index is 0.808. The van der Waals surface area contributed by atoms with E-state index in [1.54, 1.807) is 12.4 Å². The van der Waals surface area contributed by atoms with Gasteiger partial charge in [-0.25, -0.2) is 15.0 Å². The van der Waals surface area contributed by atoms with Crippen LogP contribution in [0.2, 0.25) is 0 Å². The molecule has 128 valence electrons. The second-order valence-electron chi connectivity index (χ2n) is 6.43. The molecule has 25 heavy (non-hydrogen) atoms. The molecule has 1 saturated heterocycles. The summed E-state index contributed by atoms with van der Waals surface area (Å²) in [5.41, 5.74) is 1.15. The molecule has 4 rings (SSSR count). The van der Waals surface area contributed by atoms with Crippen LogP contribution in [-0.4, -0.2) is 55.2 Å². The highest BCUT2D eigenvalue weighted by molar-refractivity contribution is 6.00. The lowest BCUT2D eigenvalue weighted by molar-refractivity contribution is 0.636. The number of hydrogen-bond acceptors (Lipinski definition) is 6. The number of rotatable bonds is 3. The van der Waals surface area contributed by atoms with Gasteiger partial charge in [0.05, 0.1) is 11.9 Å². The van der Waals surface area contributed by atoms with Crippen molar-refractivity contribution >= 4 is 28.2 Å². The summed E-state index contributed by atoms with van der Waals surface area (Å²) in [6, 6.07) is 10.4. The molecule has 6 heteroatoms. The smallest absolute Gasteiger partial charge is 0.225 e. The maximum Gasteiger partial charge on any atom is 0.225 e. The Morgan fingerprint density at radius 1 is 0.800 bits per heavy atom. The minimum atomic E-state index is 0.808. The van der Waals surface area contributed by atoms with Crippen molar-refractivity contribution in [2.45, 2.75) is 0 Å². The van der Waals surface area contributed by atoms with Gasteiger partial charge in [-0.1, -0.05) is 24.3 Å². The SMILES string of the molecule is CN(C)c1cnc(N2CCN(c3ncccn3)CC2)c2ccccc12. The molecule has 0 spiro atoms. The lowest BCUT2D eigenvalue weighted by atomic mass is 10.1. The van der Waals surface area contributed by atoms with E-state index in [-0.39, 0.29) is 0 Å². The molecule has 0 atom stereocenters. The van der Waals surface area contributed by atoms with Gasteiger partial charge in [0.1, 0.15) is 5.82 Å². The Morgan fingerprint density at radius 2 is 1.44 bits per heavy atom. The van der Waals surface area contributed by atoms with Gasteiger partial charge in [-0.05, 0) is 6.07 Å². The fourth-order valence-electron chi connectivity index (χ4n) is 3.34. The van der Waals surface area contributed by atoms with Crippen LogP contribution >= 0.6 is 0 Å². The number of hydrogen-bond donors (Lipinski definition) is 0. The molecule has 6 nitrogen and oxygen atoms in total. The first-order valence-corrected chi connectivity index (χ1v) is 8.56. The second-order valence-corrected chi connectivity index (χ2v) is 6.43. The van der Waals surface area contributed by atoms with Gasteiger partial charge in [-0.15, -0.1) is 0 Å². The van der Waals surface area contributed by atoms with Gasteiger partial charge in [-0.2, -0.15) is 0 Å². The third-order valence-corrected chi connectivity index (χ3v) is 4.65. The summed E-state index contributed by atoms with van der Waals surface area (Å²) >= 11 is 0. The van der Waals surface area contributed by atoms with Crippen LogP contribution in [-0.2, 0) is 0 Å². The maximum atomic E-state index is 4.78. The van der Waals surface area contributed by atoms with Crippen molar-refractivity contribution in [3.8, 4) is 0 Å². The van der Waals surface area contributed by atoms with E-state index in [0.717, 1.165) is 43.6 Å². The van der Waals surface area contributed by atoms with Crippen LogP contribution in [0, 0.1) is 0 Å². The molecule has 2 aromatic heterocycles. The van der Waals surface area contributed by atoms with Gasteiger partial charge in [0, 0.05) is 63.4 Å². The van der Waals surface area contributed by atoms with Crippen LogP contribution in [0.25, 0.3) is 10.8 Å². The Balaban J connectivity index is 1.60. The Hall–Kier alpha value is -2.89. The third kappa shape index (κ3) is 2.95. The van der Waals surface area contributed by atoms with E-state index in [2.05, 4.69) is 63.0 Å². The summed E-state index contributed by atoms with van der Waals surface area (Å²) in [5.74, 6) is 1.87. The summed E-state index contributed by atoms with van der Waals surface area (Å²) < 4.78 is 0. The van der Waals surface area contributed by atoms with Crippen LogP contribution in [0.4, 0.5) is 17.5 Å². The molecule has 1 aliphatic heterocycles. The fraction of sp³-hybridized carbons (Fsp3) is 0.316. The molecule has 3 heterocycles. The zero-order valence-electron chi connectivity index (χ0n) is 14.6. The molecule has 0 aliphatic carbocycles. The van der Waals surface area contributed by atoms with Crippen molar-refractivity contribution in [2.75, 3.05) is 55.0 Å². The predicted octanol–water partition coefficient (Wildman–Crippen LogP) is 2.42. The minimum Gasteiger partial charge on any atom is -0.376 e. The zero-order chi connectivity index (χ0) is 17.2. The molecule has 1 aliphatic rings. The number of piperazine rings is 1. The van der Waals surface area contributed by atoms with E-state index in [1.807, 2.05) is 12.3 Å². The number of pyridine rings is 1. The molecule has 0 radical (unpaired) electrons. The fourth-order valence-corrected chi connectivity index (χ4v) is 3.34. The molecular formula is C19H22N6. The quantitative estimate of drug-likeness (QED) is 0.733. The van der Waals surface area contributed by atoms with Gasteiger partial charge in [0.25, 0.3) is 0 Å². The first-order valence-electron chi connectivity index (χ1n) is 8.56. The monoisotopic (exact) mass is 334 g/mol. The molecule has 0 amide bonds. The molecule has 0 unspecified atom stereocenters. The van der Waals surface area contributed by atoms with Crippen LogP contribution in [0.1, 0.15) is 0 Å². The Bertz CT molecular complexity index is 856. The van der Waals surface area contributed by atoms with E-state index in [0.29, 0.717) is 0 Å². The second kappa shape index (κ2) is 6.55. The van der Waals surface area contributed by atoms with Gasteiger partial charge >= 0.3 is 0 Å². The Labute approximate surface area is 147 Å². The Kier molecular flexibility index (Phi) is 4.09. The molecule has 0 bridgehead atoms. The highest BCUT2D eigenvalue weighted by Crippen LogP contribution is 2.31. The highest BCUT2D eigenvalue weighted by Gasteiger charge is 2.21. The molecular weight excluding hydrogens is 312 g/mol. The normalized spacial score (nSPS) is 14.8. The van der Waals surface area contributed by atoms with Crippen molar-refractivity contribution in [1.29, 1.82) is 0 Å². The van der Waals surface area contributed by atoms with E-state index in [1.165, 1.54) is 10.8 Å². The first-order chi connectivity index (χ1) is 12.2. The Morgan fingerprint density at radius 3 is 2.12 bits per heavy atom. The molecule has 3 aromatic rings. The van der Waals surface area contributed by atoms with Gasteiger partial charge in [0.15, 0.2) is 0 Å². The summed E-state index contributed by atoms with van der Waals surface area (Å²) in [7, 11) is 4.11. The lowest BCUT2D eigenvalue weighted by Crippen LogP contribution is -2.47. The van der Waals surface area contributed by atoms with Crippen LogP contribution in [0.3, 0.4) is 0 Å². The highest BCUT2D eigenvalue weighted by atomic mass is 15.3. The van der Waals surface area contributed by atoms with Crippen molar-refractivity contribution in [2.24, 2.45) is 0 Å². The average molecular weight is 334 g/mol. The number of anilines is 3. The van der Waals surface area contributed by atoms with Crippen molar-refractivity contribution in [3.63, 3.8) is 0 Å². The number of aromatic nitrogens is 3. The van der Waals surface area contributed by atoms with E-state index >= 15 is 0 Å². The summed E-state index contributed by atoms with van der Waals surface area (Å²) in [5, 5.41) is 2.45. The topological polar surface area (TPSA) is 48.4 Å².